The number of carbonyl (C=O) groups excluding carboxylic acids is 1. The zero-order valence-corrected chi connectivity index (χ0v) is 16.5. The zero-order chi connectivity index (χ0) is 19.6. The molecule has 0 spiro atoms. The molecule has 3 heterocycles. The van der Waals surface area contributed by atoms with Crippen LogP contribution in [0.25, 0.3) is 11.3 Å². The van der Waals surface area contributed by atoms with Gasteiger partial charge in [-0.15, -0.1) is 0 Å². The van der Waals surface area contributed by atoms with E-state index in [4.69, 9.17) is 4.74 Å². The predicted molar refractivity (Wildman–Crippen MR) is 111 cm³/mol. The van der Waals surface area contributed by atoms with Gasteiger partial charge in [-0.2, -0.15) is 0 Å². The van der Waals surface area contributed by atoms with Crippen LogP contribution in [0.3, 0.4) is 0 Å². The Hall–Kier alpha value is -2.67. The van der Waals surface area contributed by atoms with E-state index in [1.54, 1.807) is 25.6 Å². The second-order valence-electron chi connectivity index (χ2n) is 7.01. The lowest BCUT2D eigenvalue weighted by Gasteiger charge is -2.26. The Kier molecular flexibility index (Phi) is 7.61. The summed E-state index contributed by atoms with van der Waals surface area (Å²) >= 11 is 0. The summed E-state index contributed by atoms with van der Waals surface area (Å²) in [5.74, 6) is 0.564. The van der Waals surface area contributed by atoms with Crippen LogP contribution in [0.5, 0.6) is 5.88 Å². The maximum atomic E-state index is 12.0. The molecular formula is C21H29N5O2. The average Bonchev–Trinajstić information content (AvgIpc) is 2.75. The molecule has 2 amide bonds. The molecule has 28 heavy (non-hydrogen) atoms. The van der Waals surface area contributed by atoms with Crippen molar-refractivity contribution in [3.63, 3.8) is 0 Å². The van der Waals surface area contributed by atoms with Crippen molar-refractivity contribution in [2.24, 2.45) is 0 Å². The smallest absolute Gasteiger partial charge is 0.319 e. The Morgan fingerprint density at radius 2 is 1.93 bits per heavy atom. The van der Waals surface area contributed by atoms with E-state index in [9.17, 15) is 4.79 Å². The number of methoxy groups -OCH3 is 1. The van der Waals surface area contributed by atoms with Crippen LogP contribution in [0.1, 0.15) is 32.1 Å². The molecule has 0 atom stereocenters. The van der Waals surface area contributed by atoms with Gasteiger partial charge in [0.05, 0.1) is 24.7 Å². The average molecular weight is 383 g/mol. The number of piperidine rings is 1. The Bertz CT molecular complexity index is 727. The number of hydrogen-bond acceptors (Lipinski definition) is 5. The van der Waals surface area contributed by atoms with Crippen LogP contribution in [0.4, 0.5) is 10.5 Å². The molecule has 1 aliphatic heterocycles. The number of nitrogens with one attached hydrogen (secondary N) is 2. The van der Waals surface area contributed by atoms with Gasteiger partial charge in [-0.3, -0.25) is 4.98 Å². The van der Waals surface area contributed by atoms with Gasteiger partial charge in [-0.05, 0) is 63.5 Å². The Labute approximate surface area is 166 Å². The minimum Gasteiger partial charge on any atom is -0.481 e. The maximum absolute atomic E-state index is 12.0. The SMILES string of the molecule is COc1ccc(-c2ccc(NC(=O)NCCCCN3CCCCC3)cn2)cn1. The van der Waals surface area contributed by atoms with Crippen molar-refractivity contribution in [1.82, 2.24) is 20.2 Å². The molecule has 1 aliphatic rings. The summed E-state index contributed by atoms with van der Waals surface area (Å²) in [6.45, 7) is 4.27. The van der Waals surface area contributed by atoms with Crippen LogP contribution in [0.15, 0.2) is 36.7 Å². The van der Waals surface area contributed by atoms with Crippen molar-refractivity contribution in [2.45, 2.75) is 32.1 Å². The largest absolute Gasteiger partial charge is 0.481 e. The van der Waals surface area contributed by atoms with E-state index in [2.05, 4.69) is 25.5 Å². The standard InChI is InChI=1S/C21H29N5O2/c1-28-20-10-7-17(15-24-20)19-9-8-18(16-23-19)25-21(27)22-11-3-6-14-26-12-4-2-5-13-26/h7-10,15-16H,2-6,11-14H2,1H3,(H2,22,25,27). The number of rotatable bonds is 8. The molecule has 0 aromatic carbocycles. The highest BCUT2D eigenvalue weighted by atomic mass is 16.5. The summed E-state index contributed by atoms with van der Waals surface area (Å²) in [4.78, 5) is 23.1. The first kappa shape index (κ1) is 20.1. The quantitative estimate of drug-likeness (QED) is 0.682. The lowest BCUT2D eigenvalue weighted by Crippen LogP contribution is -2.32. The van der Waals surface area contributed by atoms with E-state index >= 15 is 0 Å². The number of unbranched alkanes of at least 4 members (excludes halogenated alkanes) is 1. The molecule has 150 valence electrons. The van der Waals surface area contributed by atoms with Gasteiger partial charge in [0.25, 0.3) is 0 Å². The summed E-state index contributed by atoms with van der Waals surface area (Å²) in [6, 6.07) is 7.19. The van der Waals surface area contributed by atoms with Crippen molar-refractivity contribution in [1.29, 1.82) is 0 Å². The third-order valence-corrected chi connectivity index (χ3v) is 4.90. The van der Waals surface area contributed by atoms with E-state index in [1.807, 2.05) is 18.2 Å². The molecule has 1 saturated heterocycles. The highest BCUT2D eigenvalue weighted by Crippen LogP contribution is 2.19. The van der Waals surface area contributed by atoms with Gasteiger partial charge in [-0.1, -0.05) is 6.42 Å². The molecule has 2 aromatic rings. The highest BCUT2D eigenvalue weighted by Gasteiger charge is 2.09. The summed E-state index contributed by atoms with van der Waals surface area (Å²) < 4.78 is 5.06. The summed E-state index contributed by atoms with van der Waals surface area (Å²) in [5.41, 5.74) is 2.35. The molecule has 0 radical (unpaired) electrons. The van der Waals surface area contributed by atoms with Crippen LogP contribution < -0.4 is 15.4 Å². The second-order valence-corrected chi connectivity index (χ2v) is 7.01. The highest BCUT2D eigenvalue weighted by molar-refractivity contribution is 5.89. The van der Waals surface area contributed by atoms with Crippen LogP contribution in [0.2, 0.25) is 0 Å². The number of anilines is 1. The molecule has 0 saturated carbocycles. The Morgan fingerprint density at radius 3 is 2.61 bits per heavy atom. The van der Waals surface area contributed by atoms with Crippen molar-refractivity contribution in [3.8, 4) is 17.1 Å². The minimum absolute atomic E-state index is 0.196. The number of pyridine rings is 2. The van der Waals surface area contributed by atoms with Crippen LogP contribution in [-0.4, -0.2) is 54.2 Å². The van der Waals surface area contributed by atoms with E-state index < -0.39 is 0 Å². The van der Waals surface area contributed by atoms with Crippen LogP contribution >= 0.6 is 0 Å². The van der Waals surface area contributed by atoms with E-state index in [1.165, 1.54) is 32.4 Å². The second kappa shape index (κ2) is 10.6. The molecule has 7 nitrogen and oxygen atoms in total. The molecule has 0 unspecified atom stereocenters. The van der Waals surface area contributed by atoms with E-state index in [0.717, 1.165) is 30.6 Å². The van der Waals surface area contributed by atoms with Gasteiger partial charge in [0.2, 0.25) is 5.88 Å². The number of likely N-dealkylation sites (tertiary alicyclic amines) is 1. The normalized spacial score (nSPS) is 14.5. The molecular weight excluding hydrogens is 354 g/mol. The van der Waals surface area contributed by atoms with Crippen molar-refractivity contribution >= 4 is 11.7 Å². The van der Waals surface area contributed by atoms with Gasteiger partial charge in [-0.25, -0.2) is 9.78 Å². The van der Waals surface area contributed by atoms with Crippen molar-refractivity contribution in [2.75, 3.05) is 38.6 Å². The first-order valence-electron chi connectivity index (χ1n) is 9.98. The molecule has 1 fully saturated rings. The molecule has 0 aliphatic carbocycles. The molecule has 7 heteroatoms. The first-order chi connectivity index (χ1) is 13.7. The first-order valence-corrected chi connectivity index (χ1v) is 9.98. The fraction of sp³-hybridized carbons (Fsp3) is 0.476. The number of carbonyl (C=O) groups is 1. The number of aromatic nitrogens is 2. The van der Waals surface area contributed by atoms with Crippen molar-refractivity contribution < 1.29 is 9.53 Å². The minimum atomic E-state index is -0.196. The fourth-order valence-corrected chi connectivity index (χ4v) is 3.31. The molecule has 2 aromatic heterocycles. The third-order valence-electron chi connectivity index (χ3n) is 4.90. The predicted octanol–water partition coefficient (Wildman–Crippen LogP) is 3.54. The summed E-state index contributed by atoms with van der Waals surface area (Å²) in [7, 11) is 1.58. The van der Waals surface area contributed by atoms with Crippen LogP contribution in [0, 0.1) is 0 Å². The maximum Gasteiger partial charge on any atom is 0.319 e. The van der Waals surface area contributed by atoms with Gasteiger partial charge in [0.15, 0.2) is 0 Å². The summed E-state index contributed by atoms with van der Waals surface area (Å²) in [5, 5.41) is 5.73. The van der Waals surface area contributed by atoms with Gasteiger partial charge < -0.3 is 20.3 Å². The fourth-order valence-electron chi connectivity index (χ4n) is 3.31. The van der Waals surface area contributed by atoms with E-state index in [0.29, 0.717) is 18.1 Å². The van der Waals surface area contributed by atoms with E-state index in [-0.39, 0.29) is 6.03 Å². The van der Waals surface area contributed by atoms with Gasteiger partial charge >= 0.3 is 6.03 Å². The molecule has 0 bridgehead atoms. The molecule has 3 rings (SSSR count). The van der Waals surface area contributed by atoms with Crippen molar-refractivity contribution in [3.05, 3.63) is 36.7 Å². The summed E-state index contributed by atoms with van der Waals surface area (Å²) in [6.07, 6.45) is 9.48. The Balaban J connectivity index is 1.36. The lowest BCUT2D eigenvalue weighted by molar-refractivity contribution is 0.224. The number of urea groups is 1. The number of ether oxygens (including phenoxy) is 1. The number of nitrogens with zero attached hydrogens (tertiary/aromatic N) is 3. The number of hydrogen-bond donors (Lipinski definition) is 2. The molecule has 2 N–H and O–H groups in total. The van der Waals surface area contributed by atoms with Gasteiger partial charge in [0, 0.05) is 24.4 Å². The van der Waals surface area contributed by atoms with Crippen LogP contribution in [-0.2, 0) is 0 Å². The zero-order valence-electron chi connectivity index (χ0n) is 16.5. The van der Waals surface area contributed by atoms with Gasteiger partial charge in [0.1, 0.15) is 0 Å². The Morgan fingerprint density at radius 1 is 1.07 bits per heavy atom. The lowest BCUT2D eigenvalue weighted by atomic mass is 10.1. The topological polar surface area (TPSA) is 79.4 Å². The number of amides is 2. The monoisotopic (exact) mass is 383 g/mol. The third kappa shape index (κ3) is 6.20.